The minimum Gasteiger partial charge on any atom is -0.382 e. The molecule has 1 atom stereocenters. The quantitative estimate of drug-likeness (QED) is 0.434. The summed E-state index contributed by atoms with van der Waals surface area (Å²) in [6.07, 6.45) is 2.27. The number of benzene rings is 2. The molecule has 0 aliphatic carbocycles. The molecule has 3 heterocycles. The molecule has 1 aliphatic rings. The second-order valence-corrected chi connectivity index (χ2v) is 9.14. The highest BCUT2D eigenvalue weighted by Crippen LogP contribution is 2.26. The maximum atomic E-state index is 12.6. The van der Waals surface area contributed by atoms with Crippen LogP contribution in [0.3, 0.4) is 0 Å². The van der Waals surface area contributed by atoms with Gasteiger partial charge in [-0.15, -0.1) is 0 Å². The number of para-hydroxylation sites is 2. The van der Waals surface area contributed by atoms with Gasteiger partial charge in [-0.3, -0.25) is 0 Å². The predicted octanol–water partition coefficient (Wildman–Crippen LogP) is 2.90. The lowest BCUT2D eigenvalue weighted by molar-refractivity contribution is 0.561. The first-order valence-corrected chi connectivity index (χ1v) is 11.4. The third-order valence-corrected chi connectivity index (χ3v) is 6.83. The van der Waals surface area contributed by atoms with E-state index in [4.69, 9.17) is 5.73 Å². The van der Waals surface area contributed by atoms with E-state index >= 15 is 0 Å². The van der Waals surface area contributed by atoms with Crippen LogP contribution in [0.1, 0.15) is 10.7 Å². The summed E-state index contributed by atoms with van der Waals surface area (Å²) in [5.41, 5.74) is 8.26. The highest BCUT2D eigenvalue weighted by molar-refractivity contribution is 7.89. The number of sulfonamides is 1. The minimum absolute atomic E-state index is 0. The van der Waals surface area contributed by atoms with Crippen molar-refractivity contribution in [3.8, 4) is 11.5 Å². The highest BCUT2D eigenvalue weighted by Gasteiger charge is 2.28. The van der Waals surface area contributed by atoms with E-state index in [1.165, 1.54) is 0 Å². The van der Waals surface area contributed by atoms with E-state index in [1.54, 1.807) is 36.5 Å². The summed E-state index contributed by atoms with van der Waals surface area (Å²) in [6, 6.07) is 15.8. The standard InChI is InChI=1S/C21H21N7O2S.3H2/c22-20-19(21-24-16-8-4-5-9-17(16)25-21)26-18(12-23-20)28-11-10-14(13-28)27-31(29,30)15-6-2-1-3-7-15;;;/h1-9,12,14,27H,10-11,13H2,(H2,22,23)(H,24,25);3*1H/t14-;;;/m0.../s1. The number of nitrogens with one attached hydrogen (secondary N) is 2. The maximum Gasteiger partial charge on any atom is 0.240 e. The Morgan fingerprint density at radius 1 is 1.10 bits per heavy atom. The van der Waals surface area contributed by atoms with E-state index in [0.29, 0.717) is 36.8 Å². The van der Waals surface area contributed by atoms with Crippen LogP contribution in [0.4, 0.5) is 11.6 Å². The first kappa shape index (κ1) is 19.5. The summed E-state index contributed by atoms with van der Waals surface area (Å²) < 4.78 is 28.0. The van der Waals surface area contributed by atoms with E-state index in [0.717, 1.165) is 11.0 Å². The van der Waals surface area contributed by atoms with Crippen LogP contribution in [0.2, 0.25) is 0 Å². The van der Waals surface area contributed by atoms with Crippen LogP contribution < -0.4 is 15.4 Å². The van der Waals surface area contributed by atoms with Crippen LogP contribution in [0.15, 0.2) is 65.7 Å². The van der Waals surface area contributed by atoms with Crippen LogP contribution in [-0.2, 0) is 10.0 Å². The smallest absolute Gasteiger partial charge is 0.240 e. The minimum atomic E-state index is -3.57. The van der Waals surface area contributed by atoms with Gasteiger partial charge in [-0.05, 0) is 30.7 Å². The van der Waals surface area contributed by atoms with E-state index in [9.17, 15) is 8.42 Å². The van der Waals surface area contributed by atoms with Gasteiger partial charge in [0, 0.05) is 23.4 Å². The fourth-order valence-corrected chi connectivity index (χ4v) is 5.02. The van der Waals surface area contributed by atoms with E-state index in [2.05, 4.69) is 24.7 Å². The Morgan fingerprint density at radius 2 is 1.87 bits per heavy atom. The van der Waals surface area contributed by atoms with Crippen LogP contribution in [0.5, 0.6) is 0 Å². The van der Waals surface area contributed by atoms with E-state index in [-0.39, 0.29) is 21.0 Å². The fourth-order valence-electron chi connectivity index (χ4n) is 3.73. The lowest BCUT2D eigenvalue weighted by Crippen LogP contribution is -2.37. The zero-order valence-corrected chi connectivity index (χ0v) is 17.4. The molecule has 5 rings (SSSR count). The van der Waals surface area contributed by atoms with Gasteiger partial charge < -0.3 is 15.6 Å². The molecule has 1 aliphatic heterocycles. The molecule has 4 aromatic rings. The molecule has 31 heavy (non-hydrogen) atoms. The molecule has 10 heteroatoms. The third-order valence-electron chi connectivity index (χ3n) is 5.29. The first-order valence-electron chi connectivity index (χ1n) is 9.89. The van der Waals surface area contributed by atoms with E-state index in [1.807, 2.05) is 29.2 Å². The second-order valence-electron chi connectivity index (χ2n) is 7.43. The number of fused-ring (bicyclic) bond motifs is 1. The summed E-state index contributed by atoms with van der Waals surface area (Å²) in [7, 11) is -3.57. The lowest BCUT2D eigenvalue weighted by Gasteiger charge is -2.18. The van der Waals surface area contributed by atoms with Gasteiger partial charge in [0.05, 0.1) is 22.1 Å². The molecule has 0 radical (unpaired) electrons. The number of rotatable bonds is 5. The third kappa shape index (κ3) is 3.82. The highest BCUT2D eigenvalue weighted by atomic mass is 32.2. The summed E-state index contributed by atoms with van der Waals surface area (Å²) in [5, 5.41) is 0. The average molecular weight is 442 g/mol. The van der Waals surface area contributed by atoms with Crippen molar-refractivity contribution in [3.05, 3.63) is 60.8 Å². The largest absolute Gasteiger partial charge is 0.382 e. The van der Waals surface area contributed by atoms with Crippen molar-refractivity contribution < 1.29 is 12.7 Å². The molecule has 2 aromatic carbocycles. The molecule has 0 amide bonds. The average Bonchev–Trinajstić information content (AvgIpc) is 3.41. The van der Waals surface area contributed by atoms with Gasteiger partial charge in [-0.2, -0.15) is 0 Å². The van der Waals surface area contributed by atoms with Gasteiger partial charge >= 0.3 is 0 Å². The number of aromatic nitrogens is 4. The van der Waals surface area contributed by atoms with Crippen molar-refractivity contribution in [3.63, 3.8) is 0 Å². The Bertz CT molecular complexity index is 1320. The molecule has 0 unspecified atom stereocenters. The Kier molecular flexibility index (Phi) is 4.79. The SMILES string of the molecule is Nc1ncc(N2CC[C@H](NS(=O)(=O)c3ccccc3)C2)nc1-c1nc2ccccc2[nH]1.[HH].[HH].[HH]. The first-order chi connectivity index (χ1) is 15.0. The molecule has 9 nitrogen and oxygen atoms in total. The number of nitrogen functional groups attached to an aromatic ring is 1. The van der Waals surface area contributed by atoms with Gasteiger partial charge in [0.2, 0.25) is 10.0 Å². The Morgan fingerprint density at radius 3 is 2.68 bits per heavy atom. The number of nitrogens with zero attached hydrogens (tertiary/aromatic N) is 4. The molecule has 1 saturated heterocycles. The van der Waals surface area contributed by atoms with Gasteiger partial charge in [0.15, 0.2) is 17.3 Å². The number of imidazole rings is 1. The number of hydrogen-bond acceptors (Lipinski definition) is 7. The molecule has 0 spiro atoms. The second kappa shape index (κ2) is 7.64. The maximum absolute atomic E-state index is 12.6. The molecule has 1 fully saturated rings. The summed E-state index contributed by atoms with van der Waals surface area (Å²) >= 11 is 0. The molecule has 2 aromatic heterocycles. The van der Waals surface area contributed by atoms with Crippen molar-refractivity contribution in [2.24, 2.45) is 0 Å². The molecular weight excluding hydrogens is 414 g/mol. The van der Waals surface area contributed by atoms with Crippen LogP contribution >= 0.6 is 0 Å². The van der Waals surface area contributed by atoms with Crippen molar-refractivity contribution in [1.29, 1.82) is 0 Å². The van der Waals surface area contributed by atoms with Gasteiger partial charge in [0.1, 0.15) is 5.82 Å². The van der Waals surface area contributed by atoms with E-state index < -0.39 is 10.0 Å². The van der Waals surface area contributed by atoms with Crippen molar-refractivity contribution in [2.75, 3.05) is 23.7 Å². The number of H-pyrrole nitrogens is 1. The zero-order chi connectivity index (χ0) is 21.4. The summed E-state index contributed by atoms with van der Waals surface area (Å²) in [6.45, 7) is 1.14. The van der Waals surface area contributed by atoms with Gasteiger partial charge in [-0.1, -0.05) is 30.3 Å². The Labute approximate surface area is 183 Å². The molecule has 4 N–H and O–H groups in total. The number of hydrogen-bond donors (Lipinski definition) is 3. The summed E-state index contributed by atoms with van der Waals surface area (Å²) in [4.78, 5) is 19.0. The molecule has 0 saturated carbocycles. The summed E-state index contributed by atoms with van der Waals surface area (Å²) in [5.74, 6) is 1.46. The number of anilines is 2. The van der Waals surface area contributed by atoms with Crippen molar-refractivity contribution in [2.45, 2.75) is 17.4 Å². The van der Waals surface area contributed by atoms with Crippen LogP contribution in [0.25, 0.3) is 22.6 Å². The number of aromatic amines is 1. The molecule has 0 bridgehead atoms. The van der Waals surface area contributed by atoms with Gasteiger partial charge in [0.25, 0.3) is 0 Å². The fraction of sp³-hybridized carbons (Fsp3) is 0.190. The Balaban J connectivity index is 0.00000136. The lowest BCUT2D eigenvalue weighted by atomic mass is 10.3. The monoisotopic (exact) mass is 441 g/mol. The molecule has 164 valence electrons. The normalized spacial score (nSPS) is 16.8. The predicted molar refractivity (Wildman–Crippen MR) is 125 cm³/mol. The Hall–Kier alpha value is -3.50. The van der Waals surface area contributed by atoms with Crippen LogP contribution in [0, 0.1) is 0 Å². The van der Waals surface area contributed by atoms with Gasteiger partial charge in [-0.25, -0.2) is 28.1 Å². The van der Waals surface area contributed by atoms with Crippen LogP contribution in [-0.4, -0.2) is 47.5 Å². The molecular formula is C21H27N7O2S. The topological polar surface area (TPSA) is 130 Å². The van der Waals surface area contributed by atoms with Crippen molar-refractivity contribution in [1.82, 2.24) is 24.7 Å². The number of nitrogens with two attached hydrogens (primary N) is 1. The van der Waals surface area contributed by atoms with Crippen molar-refractivity contribution >= 4 is 32.7 Å². The zero-order valence-electron chi connectivity index (χ0n) is 16.6.